The highest BCUT2D eigenvalue weighted by molar-refractivity contribution is 7.91. The van der Waals surface area contributed by atoms with Gasteiger partial charge in [0, 0.05) is 62.9 Å². The van der Waals surface area contributed by atoms with E-state index >= 15 is 0 Å². The summed E-state index contributed by atoms with van der Waals surface area (Å²) in [7, 11) is -3.52. The van der Waals surface area contributed by atoms with Gasteiger partial charge in [0.15, 0.2) is 0 Å². The Morgan fingerprint density at radius 2 is 1.88 bits per heavy atom. The number of nitrogens with zero attached hydrogens (tertiary/aromatic N) is 3. The van der Waals surface area contributed by atoms with Crippen molar-refractivity contribution in [1.29, 1.82) is 0 Å². The lowest BCUT2D eigenvalue weighted by atomic mass is 9.99. The maximum absolute atomic E-state index is 12.9. The number of anilines is 1. The number of piperidine rings is 1. The van der Waals surface area contributed by atoms with Crippen LogP contribution in [-0.2, 0) is 14.8 Å². The zero-order chi connectivity index (χ0) is 23.4. The predicted molar refractivity (Wildman–Crippen MR) is 133 cm³/mol. The minimum atomic E-state index is -3.52. The Morgan fingerprint density at radius 3 is 2.58 bits per heavy atom. The molecule has 1 amide bonds. The van der Waals surface area contributed by atoms with Gasteiger partial charge in [0.2, 0.25) is 5.91 Å². The van der Waals surface area contributed by atoms with Crippen LogP contribution >= 0.6 is 11.3 Å². The molecule has 33 heavy (non-hydrogen) atoms. The quantitative estimate of drug-likeness (QED) is 0.646. The molecule has 0 bridgehead atoms. The van der Waals surface area contributed by atoms with Crippen LogP contribution in [0.4, 0.5) is 5.69 Å². The van der Waals surface area contributed by atoms with E-state index in [9.17, 15) is 13.2 Å². The van der Waals surface area contributed by atoms with Crippen LogP contribution < -0.4 is 10.2 Å². The molecular weight excluding hydrogens is 456 g/mol. The van der Waals surface area contributed by atoms with Crippen molar-refractivity contribution in [2.24, 2.45) is 5.92 Å². The number of thiophene rings is 1. The maximum Gasteiger partial charge on any atom is 0.252 e. The van der Waals surface area contributed by atoms with Crippen LogP contribution in [0.25, 0.3) is 0 Å². The number of amides is 1. The smallest absolute Gasteiger partial charge is 0.252 e. The highest BCUT2D eigenvalue weighted by Crippen LogP contribution is 2.28. The summed E-state index contributed by atoms with van der Waals surface area (Å²) in [5.41, 5.74) is 2.55. The van der Waals surface area contributed by atoms with E-state index in [-0.39, 0.29) is 18.4 Å². The molecule has 180 valence electrons. The first-order valence-corrected chi connectivity index (χ1v) is 14.0. The van der Waals surface area contributed by atoms with Gasteiger partial charge in [-0.1, -0.05) is 12.1 Å². The molecule has 1 aromatic carbocycles. The molecule has 0 radical (unpaired) electrons. The van der Waals surface area contributed by atoms with Gasteiger partial charge in [0.05, 0.1) is 5.92 Å². The van der Waals surface area contributed by atoms with Gasteiger partial charge in [-0.15, -0.1) is 11.3 Å². The van der Waals surface area contributed by atoms with E-state index in [1.807, 2.05) is 13.0 Å². The van der Waals surface area contributed by atoms with E-state index in [0.29, 0.717) is 23.7 Å². The minimum Gasteiger partial charge on any atom is -0.369 e. The van der Waals surface area contributed by atoms with Crippen molar-refractivity contribution in [2.45, 2.75) is 30.9 Å². The Labute approximate surface area is 201 Å². The van der Waals surface area contributed by atoms with Gasteiger partial charge in [-0.05, 0) is 56.5 Å². The Hall–Kier alpha value is -1.94. The van der Waals surface area contributed by atoms with E-state index in [1.54, 1.807) is 6.07 Å². The van der Waals surface area contributed by atoms with Crippen molar-refractivity contribution in [3.8, 4) is 0 Å². The summed E-state index contributed by atoms with van der Waals surface area (Å²) in [6, 6.07) is 12.1. The summed E-state index contributed by atoms with van der Waals surface area (Å²) in [6.45, 7) is 10.1. The number of nitrogens with one attached hydrogen (secondary N) is 1. The summed E-state index contributed by atoms with van der Waals surface area (Å²) < 4.78 is 27.7. The lowest BCUT2D eigenvalue weighted by molar-refractivity contribution is -0.126. The molecule has 1 N–H and O–H groups in total. The molecule has 0 saturated carbocycles. The highest BCUT2D eigenvalue weighted by Gasteiger charge is 2.34. The van der Waals surface area contributed by atoms with Crippen LogP contribution in [0.3, 0.4) is 0 Å². The highest BCUT2D eigenvalue weighted by atomic mass is 32.2. The Kier molecular flexibility index (Phi) is 7.73. The summed E-state index contributed by atoms with van der Waals surface area (Å²) in [6.07, 6.45) is 1.44. The van der Waals surface area contributed by atoms with Crippen LogP contribution in [0.2, 0.25) is 0 Å². The largest absolute Gasteiger partial charge is 0.369 e. The van der Waals surface area contributed by atoms with Crippen molar-refractivity contribution in [3.05, 3.63) is 46.8 Å². The van der Waals surface area contributed by atoms with Gasteiger partial charge >= 0.3 is 0 Å². The number of piperazine rings is 1. The molecule has 0 aliphatic carbocycles. The lowest BCUT2D eigenvalue weighted by Crippen LogP contribution is -2.49. The number of hydrogen-bond donors (Lipinski definition) is 1. The van der Waals surface area contributed by atoms with E-state index in [0.717, 1.165) is 44.0 Å². The summed E-state index contributed by atoms with van der Waals surface area (Å²) >= 11 is 1.29. The molecule has 4 rings (SSSR count). The molecule has 7 nitrogen and oxygen atoms in total. The second-order valence-corrected chi connectivity index (χ2v) is 12.5. The third-order valence-electron chi connectivity index (χ3n) is 6.53. The fourth-order valence-electron chi connectivity index (χ4n) is 4.59. The van der Waals surface area contributed by atoms with Crippen LogP contribution in [-0.4, -0.2) is 75.9 Å². The first-order valence-electron chi connectivity index (χ1n) is 11.7. The van der Waals surface area contributed by atoms with E-state index < -0.39 is 10.0 Å². The molecule has 3 heterocycles. The Morgan fingerprint density at radius 1 is 1.09 bits per heavy atom. The molecule has 1 unspecified atom stereocenters. The second-order valence-electron chi connectivity index (χ2n) is 9.03. The first kappa shape index (κ1) is 24.2. The third kappa shape index (κ3) is 5.95. The van der Waals surface area contributed by atoms with Crippen molar-refractivity contribution < 1.29 is 13.2 Å². The Balaban J connectivity index is 1.21. The first-order chi connectivity index (χ1) is 15.8. The van der Waals surface area contributed by atoms with Crippen molar-refractivity contribution >= 4 is 33.0 Å². The number of benzene rings is 1. The average Bonchev–Trinajstić information content (AvgIpc) is 3.27. The molecule has 9 heteroatoms. The van der Waals surface area contributed by atoms with Gasteiger partial charge in [-0.3, -0.25) is 9.69 Å². The van der Waals surface area contributed by atoms with Crippen molar-refractivity contribution in [1.82, 2.24) is 14.5 Å². The second kappa shape index (κ2) is 10.5. The van der Waals surface area contributed by atoms with Crippen LogP contribution in [0.1, 0.15) is 23.3 Å². The maximum atomic E-state index is 12.9. The molecule has 2 saturated heterocycles. The molecule has 2 aromatic rings. The molecule has 0 spiro atoms. The fourth-order valence-corrected chi connectivity index (χ4v) is 7.55. The number of rotatable bonds is 7. The normalized spacial score (nSPS) is 20.7. The van der Waals surface area contributed by atoms with Crippen molar-refractivity contribution in [2.75, 3.05) is 57.3 Å². The topological polar surface area (TPSA) is 73.0 Å². The third-order valence-corrected chi connectivity index (χ3v) is 9.86. The SMILES string of the molecule is Cc1cccc(N2CCN(CCNC(=O)C3CCCN(S(=O)(=O)c4ccc(C)s4)C3)CC2)c1. The molecule has 1 atom stereocenters. The van der Waals surface area contributed by atoms with E-state index in [2.05, 4.69) is 46.3 Å². The van der Waals surface area contributed by atoms with Gasteiger partial charge in [0.1, 0.15) is 4.21 Å². The van der Waals surface area contributed by atoms with Gasteiger partial charge in [-0.25, -0.2) is 8.42 Å². The van der Waals surface area contributed by atoms with Crippen LogP contribution in [0.15, 0.2) is 40.6 Å². The number of carbonyl (C=O) groups is 1. The minimum absolute atomic E-state index is 0.0318. The number of sulfonamides is 1. The average molecular weight is 491 g/mol. The molecular formula is C24H34N4O3S2. The number of aryl methyl sites for hydroxylation is 2. The molecule has 2 fully saturated rings. The lowest BCUT2D eigenvalue weighted by Gasteiger charge is -2.36. The fraction of sp³-hybridized carbons (Fsp3) is 0.542. The van der Waals surface area contributed by atoms with Gasteiger partial charge < -0.3 is 10.2 Å². The standard InChI is InChI=1S/C24H34N4O3S2/c1-19-5-3-7-22(17-19)27-15-13-26(14-16-27)12-10-25-24(29)21-6-4-11-28(18-21)33(30,31)23-9-8-20(2)32-23/h3,5,7-9,17,21H,4,6,10-16,18H2,1-2H3,(H,25,29). The van der Waals surface area contributed by atoms with Crippen LogP contribution in [0.5, 0.6) is 0 Å². The number of carbonyl (C=O) groups excluding carboxylic acids is 1. The van der Waals surface area contributed by atoms with E-state index in [4.69, 9.17) is 0 Å². The van der Waals surface area contributed by atoms with Gasteiger partial charge in [-0.2, -0.15) is 4.31 Å². The summed E-state index contributed by atoms with van der Waals surface area (Å²) in [5.74, 6) is -0.316. The van der Waals surface area contributed by atoms with Gasteiger partial charge in [0.25, 0.3) is 10.0 Å². The summed E-state index contributed by atoms with van der Waals surface area (Å²) in [4.78, 5) is 18.5. The van der Waals surface area contributed by atoms with Crippen molar-refractivity contribution in [3.63, 3.8) is 0 Å². The molecule has 2 aliphatic rings. The number of hydrogen-bond acceptors (Lipinski definition) is 6. The zero-order valence-corrected chi connectivity index (χ0v) is 21.1. The predicted octanol–water partition coefficient (Wildman–Crippen LogP) is 2.70. The van der Waals surface area contributed by atoms with E-state index in [1.165, 1.54) is 26.9 Å². The zero-order valence-electron chi connectivity index (χ0n) is 19.5. The monoisotopic (exact) mass is 490 g/mol. The molecule has 1 aromatic heterocycles. The molecule has 2 aliphatic heterocycles. The summed E-state index contributed by atoms with van der Waals surface area (Å²) in [5, 5.41) is 3.05. The van der Waals surface area contributed by atoms with Crippen LogP contribution in [0, 0.1) is 19.8 Å². The Bertz CT molecular complexity index is 1060.